The third-order valence-electron chi connectivity index (χ3n) is 5.56. The smallest absolute Gasteiger partial charge is 0.270 e. The molecule has 1 aliphatic rings. The second-order valence-electron chi connectivity index (χ2n) is 7.86. The Morgan fingerprint density at radius 2 is 1.75 bits per heavy atom. The summed E-state index contributed by atoms with van der Waals surface area (Å²) in [4.78, 5) is 10.7. The quantitative estimate of drug-likeness (QED) is 0.398. The van der Waals surface area contributed by atoms with Crippen LogP contribution < -0.4 is 10.6 Å². The van der Waals surface area contributed by atoms with Crippen molar-refractivity contribution >= 4 is 34.2 Å². The van der Waals surface area contributed by atoms with Crippen LogP contribution in [0.1, 0.15) is 18.1 Å². The molecular weight excluding hydrogens is 406 g/mol. The number of benzene rings is 2. The van der Waals surface area contributed by atoms with Gasteiger partial charge in [0.1, 0.15) is 5.82 Å². The minimum atomic E-state index is -2.94. The molecule has 0 fully saturated rings. The van der Waals surface area contributed by atoms with Gasteiger partial charge in [-0.05, 0) is 54.1 Å². The van der Waals surface area contributed by atoms with Crippen LogP contribution in [-0.4, -0.2) is 9.97 Å². The molecule has 0 bridgehead atoms. The lowest BCUT2D eigenvalue weighted by Crippen LogP contribution is -2.19. The predicted molar refractivity (Wildman–Crippen MR) is 126 cm³/mol. The first-order valence-electron chi connectivity index (χ1n) is 10.1. The number of rotatable bonds is 3. The van der Waals surface area contributed by atoms with Gasteiger partial charge in [-0.1, -0.05) is 24.8 Å². The van der Waals surface area contributed by atoms with E-state index in [1.807, 2.05) is 47.4 Å². The van der Waals surface area contributed by atoms with Crippen molar-refractivity contribution in [3.8, 4) is 11.1 Å². The van der Waals surface area contributed by atoms with Gasteiger partial charge in [0, 0.05) is 52.8 Å². The summed E-state index contributed by atoms with van der Waals surface area (Å²) in [5, 5.41) is 0.885. The molecule has 0 unspecified atom stereocenters. The van der Waals surface area contributed by atoms with Gasteiger partial charge in [0.2, 0.25) is 0 Å². The van der Waals surface area contributed by atoms with Crippen molar-refractivity contribution in [3.05, 3.63) is 96.5 Å². The van der Waals surface area contributed by atoms with Gasteiger partial charge in [0.25, 0.3) is 5.92 Å². The number of alkyl halides is 2. The van der Waals surface area contributed by atoms with E-state index in [0.717, 1.165) is 40.2 Å². The molecule has 3 heterocycles. The molecule has 4 nitrogen and oxygen atoms in total. The number of hydrogen-bond donors (Lipinski definition) is 1. The highest BCUT2D eigenvalue weighted by Crippen LogP contribution is 2.43. The van der Waals surface area contributed by atoms with Gasteiger partial charge in [-0.2, -0.15) is 0 Å². The molecule has 1 aliphatic heterocycles. The Morgan fingerprint density at radius 1 is 0.938 bits per heavy atom. The molecule has 0 spiro atoms. The summed E-state index contributed by atoms with van der Waals surface area (Å²) in [7, 11) is 0. The summed E-state index contributed by atoms with van der Waals surface area (Å²) in [6.07, 6.45) is 7.32. The maximum Gasteiger partial charge on any atom is 0.270 e. The molecule has 4 aromatic rings. The van der Waals surface area contributed by atoms with Crippen LogP contribution in [0.5, 0.6) is 0 Å². The van der Waals surface area contributed by atoms with E-state index in [1.165, 1.54) is 12.1 Å². The number of anilines is 3. The highest BCUT2D eigenvalue weighted by Gasteiger charge is 2.27. The van der Waals surface area contributed by atoms with Crippen molar-refractivity contribution in [2.24, 2.45) is 0 Å². The number of nitrogens with two attached hydrogens (primary N) is 1. The fraction of sp³-hybridized carbons (Fsp3) is 0.0769. The second kappa shape index (κ2) is 7.27. The van der Waals surface area contributed by atoms with Crippen molar-refractivity contribution in [2.75, 3.05) is 10.6 Å². The van der Waals surface area contributed by atoms with E-state index in [-0.39, 0.29) is 5.56 Å². The van der Waals surface area contributed by atoms with Crippen molar-refractivity contribution in [2.45, 2.75) is 12.8 Å². The normalized spacial score (nSPS) is 13.5. The van der Waals surface area contributed by atoms with Crippen molar-refractivity contribution in [3.63, 3.8) is 0 Å². The number of nitrogens with zero attached hydrogens (tertiary/aromatic N) is 3. The van der Waals surface area contributed by atoms with Gasteiger partial charge in [0.05, 0.1) is 11.2 Å². The van der Waals surface area contributed by atoms with Gasteiger partial charge < -0.3 is 10.6 Å². The van der Waals surface area contributed by atoms with Gasteiger partial charge in [-0.3, -0.25) is 4.98 Å². The third kappa shape index (κ3) is 3.39. The Morgan fingerprint density at radius 3 is 2.50 bits per heavy atom. The van der Waals surface area contributed by atoms with Crippen LogP contribution in [0.15, 0.2) is 85.3 Å². The molecule has 32 heavy (non-hydrogen) atoms. The summed E-state index contributed by atoms with van der Waals surface area (Å²) < 4.78 is 28.1. The largest absolute Gasteiger partial charge is 0.384 e. The Labute approximate surface area is 184 Å². The molecule has 158 valence electrons. The van der Waals surface area contributed by atoms with Crippen molar-refractivity contribution in [1.29, 1.82) is 0 Å². The molecule has 0 atom stereocenters. The SMILES string of the molecule is C=C1C=Cc2cnc3ccc(-c4ccc(N)nc4)cc3c2N1c1cccc(C(C)(F)F)c1. The maximum atomic E-state index is 14.0. The minimum absolute atomic E-state index is 0.0501. The number of aromatic nitrogens is 2. The van der Waals surface area contributed by atoms with E-state index in [0.29, 0.717) is 17.2 Å². The third-order valence-corrected chi connectivity index (χ3v) is 5.56. The molecule has 0 aliphatic carbocycles. The zero-order valence-corrected chi connectivity index (χ0v) is 17.4. The lowest BCUT2D eigenvalue weighted by molar-refractivity contribution is 0.0175. The lowest BCUT2D eigenvalue weighted by Gasteiger charge is -2.31. The molecule has 0 saturated carbocycles. The molecule has 0 saturated heterocycles. The minimum Gasteiger partial charge on any atom is -0.384 e. The van der Waals surface area contributed by atoms with Crippen LogP contribution in [0.3, 0.4) is 0 Å². The number of pyridine rings is 2. The van der Waals surface area contributed by atoms with Gasteiger partial charge >= 0.3 is 0 Å². The van der Waals surface area contributed by atoms with Crippen LogP contribution in [0.4, 0.5) is 26.0 Å². The molecule has 0 amide bonds. The first kappa shape index (κ1) is 19.9. The molecule has 6 heteroatoms. The standard InChI is InChI=1S/C26H20F2N4/c1-16-6-7-19-15-30-23-10-8-17(18-9-11-24(29)31-14-18)12-22(23)25(19)32(16)21-5-3-4-20(13-21)26(2,27)28/h3-15H,1H2,2H3,(H2,29,31). The predicted octanol–water partition coefficient (Wildman–Crippen LogP) is 6.67. The van der Waals surface area contributed by atoms with Crippen LogP contribution in [0, 0.1) is 0 Å². The fourth-order valence-corrected chi connectivity index (χ4v) is 3.94. The molecule has 2 aromatic carbocycles. The zero-order valence-electron chi connectivity index (χ0n) is 17.4. The fourth-order valence-electron chi connectivity index (χ4n) is 3.94. The number of allylic oxidation sites excluding steroid dienone is 1. The first-order valence-corrected chi connectivity index (χ1v) is 10.1. The Hall–Kier alpha value is -4.06. The zero-order chi connectivity index (χ0) is 22.5. The number of nitrogen functional groups attached to an aromatic ring is 1. The summed E-state index contributed by atoms with van der Waals surface area (Å²) in [6, 6.07) is 16.0. The number of hydrogen-bond acceptors (Lipinski definition) is 4. The van der Waals surface area contributed by atoms with Gasteiger partial charge in [-0.15, -0.1) is 0 Å². The van der Waals surface area contributed by atoms with E-state index in [1.54, 1.807) is 24.5 Å². The maximum absolute atomic E-state index is 14.0. The van der Waals surface area contributed by atoms with E-state index in [9.17, 15) is 8.78 Å². The molecular formula is C26H20F2N4. The van der Waals surface area contributed by atoms with Gasteiger partial charge in [0.15, 0.2) is 0 Å². The highest BCUT2D eigenvalue weighted by molar-refractivity contribution is 6.02. The summed E-state index contributed by atoms with van der Waals surface area (Å²) in [6.45, 7) is 5.07. The van der Waals surface area contributed by atoms with Crippen molar-refractivity contribution < 1.29 is 8.78 Å². The van der Waals surface area contributed by atoms with Crippen LogP contribution in [-0.2, 0) is 5.92 Å². The molecule has 2 aromatic heterocycles. The van der Waals surface area contributed by atoms with Crippen LogP contribution >= 0.6 is 0 Å². The summed E-state index contributed by atoms with van der Waals surface area (Å²) >= 11 is 0. The van der Waals surface area contributed by atoms with Crippen LogP contribution in [0.25, 0.3) is 28.1 Å². The first-order chi connectivity index (χ1) is 15.3. The van der Waals surface area contributed by atoms with E-state index >= 15 is 0 Å². The van der Waals surface area contributed by atoms with Crippen molar-refractivity contribution in [1.82, 2.24) is 9.97 Å². The van der Waals surface area contributed by atoms with E-state index in [4.69, 9.17) is 5.73 Å². The average Bonchev–Trinajstić information content (AvgIpc) is 2.78. The monoisotopic (exact) mass is 426 g/mol. The molecule has 2 N–H and O–H groups in total. The molecule has 0 radical (unpaired) electrons. The topological polar surface area (TPSA) is 55.0 Å². The summed E-state index contributed by atoms with van der Waals surface area (Å²) in [5.74, 6) is -2.49. The average molecular weight is 426 g/mol. The highest BCUT2D eigenvalue weighted by atomic mass is 19.3. The van der Waals surface area contributed by atoms with Gasteiger partial charge in [-0.25, -0.2) is 13.8 Å². The summed E-state index contributed by atoms with van der Waals surface area (Å²) in [5.41, 5.74) is 11.4. The number of fused-ring (bicyclic) bond motifs is 3. The lowest BCUT2D eigenvalue weighted by atomic mass is 9.98. The van der Waals surface area contributed by atoms with E-state index < -0.39 is 5.92 Å². The Kier molecular flexibility index (Phi) is 4.51. The molecule has 5 rings (SSSR count). The van der Waals surface area contributed by atoms with Crippen LogP contribution in [0.2, 0.25) is 0 Å². The number of halogens is 2. The second-order valence-corrected chi connectivity index (χ2v) is 7.86. The Bertz CT molecular complexity index is 1390. The Balaban J connectivity index is 1.73. The van der Waals surface area contributed by atoms with E-state index in [2.05, 4.69) is 16.5 Å².